The second kappa shape index (κ2) is 11.7. The van der Waals surface area contributed by atoms with Crippen molar-refractivity contribution < 1.29 is 17.9 Å². The van der Waals surface area contributed by atoms with E-state index in [4.69, 9.17) is 14.6 Å². The first kappa shape index (κ1) is 24.7. The molecule has 0 spiro atoms. The van der Waals surface area contributed by atoms with Crippen LogP contribution < -0.4 is 19.9 Å². The summed E-state index contributed by atoms with van der Waals surface area (Å²) in [6.45, 7) is 1.92. The number of sulfonamides is 1. The van der Waals surface area contributed by atoms with Crippen LogP contribution >= 0.6 is 12.4 Å². The van der Waals surface area contributed by atoms with Gasteiger partial charge < -0.3 is 14.8 Å². The van der Waals surface area contributed by atoms with Crippen LogP contribution in [0.1, 0.15) is 16.7 Å². The van der Waals surface area contributed by atoms with Gasteiger partial charge in [-0.15, -0.1) is 12.4 Å². The summed E-state index contributed by atoms with van der Waals surface area (Å²) in [7, 11) is -2.02. The van der Waals surface area contributed by atoms with Crippen LogP contribution in [0.25, 0.3) is 0 Å². The molecule has 3 aromatic rings. The van der Waals surface area contributed by atoms with E-state index >= 15 is 0 Å². The Morgan fingerprint density at radius 1 is 0.871 bits per heavy atom. The third-order valence-corrected chi connectivity index (χ3v) is 5.57. The second-order valence-corrected chi connectivity index (χ2v) is 8.44. The lowest BCUT2D eigenvalue weighted by atomic mass is 10.1. The molecule has 0 aliphatic rings. The smallest absolute Gasteiger partial charge is 0.238 e. The SMILES string of the molecule is COc1cc(CNCCc2ccc(S(N)(=O)=O)cc2)ccc1OCc1ccccc1.Cl. The molecule has 8 heteroatoms. The van der Waals surface area contributed by atoms with E-state index in [1.54, 1.807) is 19.2 Å². The van der Waals surface area contributed by atoms with Gasteiger partial charge in [0.15, 0.2) is 11.5 Å². The van der Waals surface area contributed by atoms with Crippen molar-refractivity contribution in [1.29, 1.82) is 0 Å². The average Bonchev–Trinajstić information content (AvgIpc) is 2.76. The van der Waals surface area contributed by atoms with Crippen LogP contribution in [0.15, 0.2) is 77.7 Å². The maximum Gasteiger partial charge on any atom is 0.238 e. The van der Waals surface area contributed by atoms with Crippen molar-refractivity contribution in [1.82, 2.24) is 5.32 Å². The van der Waals surface area contributed by atoms with Gasteiger partial charge >= 0.3 is 0 Å². The Hall–Kier alpha value is -2.58. The highest BCUT2D eigenvalue weighted by atomic mass is 35.5. The highest BCUT2D eigenvalue weighted by Gasteiger charge is 2.08. The van der Waals surface area contributed by atoms with Crippen LogP contribution in [-0.2, 0) is 29.6 Å². The number of benzene rings is 3. The third kappa shape index (κ3) is 7.56. The molecule has 0 aromatic heterocycles. The third-order valence-electron chi connectivity index (χ3n) is 4.64. The van der Waals surface area contributed by atoms with Gasteiger partial charge in [-0.1, -0.05) is 48.5 Å². The van der Waals surface area contributed by atoms with Crippen LogP contribution in [0.2, 0.25) is 0 Å². The molecule has 0 saturated heterocycles. The van der Waals surface area contributed by atoms with Gasteiger partial charge in [0.2, 0.25) is 10.0 Å². The molecule has 0 aliphatic carbocycles. The molecule has 6 nitrogen and oxygen atoms in total. The predicted octanol–water partition coefficient (Wildman–Crippen LogP) is 3.68. The Morgan fingerprint density at radius 3 is 2.19 bits per heavy atom. The normalized spacial score (nSPS) is 10.9. The molecular weight excluding hydrogens is 436 g/mol. The standard InChI is InChI=1S/C23H26N2O4S.ClH/c1-28-23-15-20(9-12-22(23)29-17-19-5-3-2-4-6-19)16-25-14-13-18-7-10-21(11-8-18)30(24,26)27;/h2-12,15,25H,13-14,16-17H2,1H3,(H2,24,26,27);1H. The number of halogens is 1. The molecule has 0 saturated carbocycles. The zero-order valence-electron chi connectivity index (χ0n) is 17.3. The van der Waals surface area contributed by atoms with Crippen molar-refractivity contribution in [2.24, 2.45) is 5.14 Å². The molecule has 0 bridgehead atoms. The molecule has 3 aromatic carbocycles. The molecule has 31 heavy (non-hydrogen) atoms. The lowest BCUT2D eigenvalue weighted by molar-refractivity contribution is 0.284. The van der Waals surface area contributed by atoms with Gasteiger partial charge in [-0.2, -0.15) is 0 Å². The number of hydrogen-bond donors (Lipinski definition) is 2. The van der Waals surface area contributed by atoms with E-state index in [1.165, 1.54) is 12.1 Å². The fourth-order valence-electron chi connectivity index (χ4n) is 2.99. The highest BCUT2D eigenvalue weighted by molar-refractivity contribution is 7.89. The van der Waals surface area contributed by atoms with E-state index in [9.17, 15) is 8.42 Å². The molecule has 0 aliphatic heterocycles. The van der Waals surface area contributed by atoms with Crippen molar-refractivity contribution in [3.05, 3.63) is 89.5 Å². The Bertz CT molecular complexity index is 1060. The monoisotopic (exact) mass is 462 g/mol. The first-order chi connectivity index (χ1) is 14.5. The van der Waals surface area contributed by atoms with Crippen molar-refractivity contribution in [3.63, 3.8) is 0 Å². The first-order valence-corrected chi connectivity index (χ1v) is 11.2. The molecule has 166 valence electrons. The number of methoxy groups -OCH3 is 1. The average molecular weight is 463 g/mol. The molecular formula is C23H27ClN2O4S. The van der Waals surface area contributed by atoms with E-state index in [0.29, 0.717) is 24.7 Å². The number of nitrogens with one attached hydrogen (secondary N) is 1. The number of primary sulfonamides is 1. The zero-order chi connectivity index (χ0) is 21.4. The Morgan fingerprint density at radius 2 is 1.55 bits per heavy atom. The summed E-state index contributed by atoms with van der Waals surface area (Å²) < 4.78 is 34.0. The molecule has 0 atom stereocenters. The van der Waals surface area contributed by atoms with E-state index in [0.717, 1.165) is 29.7 Å². The number of nitrogens with two attached hydrogens (primary N) is 1. The summed E-state index contributed by atoms with van der Waals surface area (Å²) in [6, 6.07) is 22.5. The van der Waals surface area contributed by atoms with Gasteiger partial charge in [-0.25, -0.2) is 13.6 Å². The van der Waals surface area contributed by atoms with Crippen LogP contribution in [-0.4, -0.2) is 22.1 Å². The minimum absolute atomic E-state index is 0. The van der Waals surface area contributed by atoms with E-state index in [2.05, 4.69) is 5.32 Å². The van der Waals surface area contributed by atoms with Gasteiger partial charge in [0.25, 0.3) is 0 Å². The minimum atomic E-state index is -3.65. The molecule has 0 radical (unpaired) electrons. The maximum absolute atomic E-state index is 11.3. The van der Waals surface area contributed by atoms with Crippen LogP contribution in [0.3, 0.4) is 0 Å². The lowest BCUT2D eigenvalue weighted by Gasteiger charge is -2.13. The van der Waals surface area contributed by atoms with Crippen molar-refractivity contribution >= 4 is 22.4 Å². The lowest BCUT2D eigenvalue weighted by Crippen LogP contribution is -2.17. The molecule has 3 N–H and O–H groups in total. The van der Waals surface area contributed by atoms with Crippen molar-refractivity contribution in [2.75, 3.05) is 13.7 Å². The summed E-state index contributed by atoms with van der Waals surface area (Å²) in [5.74, 6) is 1.41. The molecule has 0 amide bonds. The first-order valence-electron chi connectivity index (χ1n) is 9.62. The van der Waals surface area contributed by atoms with Gasteiger partial charge in [-0.3, -0.25) is 0 Å². The summed E-state index contributed by atoms with van der Waals surface area (Å²) in [4.78, 5) is 0.126. The molecule has 0 unspecified atom stereocenters. The van der Waals surface area contributed by atoms with Crippen molar-refractivity contribution in [2.45, 2.75) is 24.5 Å². The second-order valence-electron chi connectivity index (χ2n) is 6.88. The molecule has 3 rings (SSSR count). The predicted molar refractivity (Wildman–Crippen MR) is 124 cm³/mol. The van der Waals surface area contributed by atoms with Gasteiger partial charge in [-0.05, 0) is 53.9 Å². The van der Waals surface area contributed by atoms with E-state index in [1.807, 2.05) is 48.5 Å². The Labute approximate surface area is 189 Å². The summed E-state index contributed by atoms with van der Waals surface area (Å²) >= 11 is 0. The van der Waals surface area contributed by atoms with Crippen LogP contribution in [0.4, 0.5) is 0 Å². The largest absolute Gasteiger partial charge is 0.493 e. The quantitative estimate of drug-likeness (QED) is 0.448. The zero-order valence-corrected chi connectivity index (χ0v) is 18.9. The van der Waals surface area contributed by atoms with Crippen LogP contribution in [0, 0.1) is 0 Å². The fourth-order valence-corrected chi connectivity index (χ4v) is 3.50. The Balaban J connectivity index is 0.00000341. The highest BCUT2D eigenvalue weighted by Crippen LogP contribution is 2.28. The summed E-state index contributed by atoms with van der Waals surface area (Å²) in [6.07, 6.45) is 0.778. The van der Waals surface area contributed by atoms with Crippen LogP contribution in [0.5, 0.6) is 11.5 Å². The Kier molecular flexibility index (Phi) is 9.33. The summed E-state index contributed by atoms with van der Waals surface area (Å²) in [5, 5.41) is 8.50. The van der Waals surface area contributed by atoms with Gasteiger partial charge in [0, 0.05) is 6.54 Å². The van der Waals surface area contributed by atoms with Crippen molar-refractivity contribution in [3.8, 4) is 11.5 Å². The number of rotatable bonds is 10. The molecule has 0 heterocycles. The number of ether oxygens (including phenoxy) is 2. The molecule has 0 fully saturated rings. The summed E-state index contributed by atoms with van der Waals surface area (Å²) in [5.41, 5.74) is 3.23. The van der Waals surface area contributed by atoms with E-state index in [-0.39, 0.29) is 17.3 Å². The minimum Gasteiger partial charge on any atom is -0.493 e. The maximum atomic E-state index is 11.3. The number of hydrogen-bond acceptors (Lipinski definition) is 5. The topological polar surface area (TPSA) is 90.6 Å². The van der Waals surface area contributed by atoms with E-state index < -0.39 is 10.0 Å². The fraction of sp³-hybridized carbons (Fsp3) is 0.217. The van der Waals surface area contributed by atoms with Gasteiger partial charge in [0.05, 0.1) is 12.0 Å². The van der Waals surface area contributed by atoms with Gasteiger partial charge in [0.1, 0.15) is 6.61 Å².